The molecule has 0 unspecified atom stereocenters. The summed E-state index contributed by atoms with van der Waals surface area (Å²) in [5, 5.41) is 14.8. The zero-order chi connectivity index (χ0) is 33.2. The first-order valence-electron chi connectivity index (χ1n) is 17.2. The van der Waals surface area contributed by atoms with E-state index in [9.17, 15) is 0 Å². The second-order valence-electron chi connectivity index (χ2n) is 13.3. The predicted molar refractivity (Wildman–Crippen MR) is 220 cm³/mol. The highest BCUT2D eigenvalue weighted by Gasteiger charge is 2.25. The molecule has 51 heavy (non-hydrogen) atoms. The Kier molecular flexibility index (Phi) is 5.53. The number of hydrogen-bond donors (Lipinski definition) is 0. The van der Waals surface area contributed by atoms with Crippen molar-refractivity contribution in [3.63, 3.8) is 0 Å². The molecule has 0 bridgehead atoms. The third-order valence-corrected chi connectivity index (χ3v) is 12.8. The van der Waals surface area contributed by atoms with Crippen LogP contribution in [-0.4, -0.2) is 14.5 Å². The zero-order valence-electron chi connectivity index (χ0n) is 27.1. The lowest BCUT2D eigenvalue weighted by molar-refractivity contribution is 1.02. The van der Waals surface area contributed by atoms with E-state index in [1.165, 1.54) is 78.9 Å². The van der Waals surface area contributed by atoms with Gasteiger partial charge in [0.15, 0.2) is 0 Å². The second-order valence-corrected chi connectivity index (χ2v) is 15.3. The van der Waals surface area contributed by atoms with Gasteiger partial charge in [-0.3, -0.25) is 4.57 Å². The first-order chi connectivity index (χ1) is 25.3. The minimum Gasteiger partial charge on any atom is -0.276 e. The van der Waals surface area contributed by atoms with E-state index < -0.39 is 0 Å². The molecule has 0 saturated carbocycles. The summed E-state index contributed by atoms with van der Waals surface area (Å²) in [7, 11) is 0. The molecule has 0 radical (unpaired) electrons. The van der Waals surface area contributed by atoms with Crippen LogP contribution in [0.5, 0.6) is 0 Å². The number of benzene rings is 8. The van der Waals surface area contributed by atoms with Crippen LogP contribution in [0.25, 0.3) is 112 Å². The molecule has 3 nitrogen and oxygen atoms in total. The summed E-state index contributed by atoms with van der Waals surface area (Å²) in [6.07, 6.45) is 0. The lowest BCUT2D eigenvalue weighted by atomic mass is 9.94. The molecule has 0 fully saturated rings. The van der Waals surface area contributed by atoms with Crippen molar-refractivity contribution in [2.75, 3.05) is 0 Å². The van der Waals surface area contributed by atoms with Crippen LogP contribution in [0.15, 0.2) is 152 Å². The van der Waals surface area contributed by atoms with Crippen molar-refractivity contribution in [1.82, 2.24) is 14.5 Å². The van der Waals surface area contributed by atoms with Gasteiger partial charge in [-0.15, -0.1) is 22.7 Å². The highest BCUT2D eigenvalue weighted by molar-refractivity contribution is 7.27. The van der Waals surface area contributed by atoms with Crippen LogP contribution >= 0.6 is 22.7 Å². The molecule has 0 saturated heterocycles. The largest absolute Gasteiger partial charge is 0.276 e. The van der Waals surface area contributed by atoms with Crippen molar-refractivity contribution in [1.29, 1.82) is 0 Å². The summed E-state index contributed by atoms with van der Waals surface area (Å²) < 4.78 is 6.11. The first-order valence-corrected chi connectivity index (χ1v) is 18.8. The summed E-state index contributed by atoms with van der Waals surface area (Å²) in [6.45, 7) is 0. The van der Waals surface area contributed by atoms with Crippen LogP contribution < -0.4 is 0 Å². The van der Waals surface area contributed by atoms with Gasteiger partial charge in [0, 0.05) is 47.3 Å². The molecule has 0 atom stereocenters. The number of fused-ring (bicyclic) bond motifs is 16. The highest BCUT2D eigenvalue weighted by atomic mass is 32.1. The predicted octanol–water partition coefficient (Wildman–Crippen LogP) is 13.4. The molecule has 0 spiro atoms. The van der Waals surface area contributed by atoms with Crippen molar-refractivity contribution in [2.45, 2.75) is 0 Å². The highest BCUT2D eigenvalue weighted by Crippen LogP contribution is 2.48. The molecule has 0 amide bonds. The lowest BCUT2D eigenvalue weighted by Gasteiger charge is -2.14. The zero-order valence-corrected chi connectivity index (χ0v) is 28.7. The summed E-state index contributed by atoms with van der Waals surface area (Å²) in [5.74, 6) is 0.696. The molecule has 4 aromatic heterocycles. The van der Waals surface area contributed by atoms with Gasteiger partial charge in [0.1, 0.15) is 4.83 Å². The minimum atomic E-state index is 0.696. The van der Waals surface area contributed by atoms with Crippen LogP contribution in [0.1, 0.15) is 0 Å². The average Bonchev–Trinajstić information content (AvgIpc) is 3.87. The minimum absolute atomic E-state index is 0.696. The number of para-hydroxylation sites is 1. The summed E-state index contributed by atoms with van der Waals surface area (Å²) >= 11 is 3.62. The molecule has 12 rings (SSSR count). The third-order valence-electron chi connectivity index (χ3n) is 10.6. The molecule has 8 aromatic carbocycles. The number of nitrogens with zero attached hydrogens (tertiary/aromatic N) is 3. The summed E-state index contributed by atoms with van der Waals surface area (Å²) in [4.78, 5) is 12.2. The lowest BCUT2D eigenvalue weighted by Crippen LogP contribution is -2.03. The van der Waals surface area contributed by atoms with E-state index in [0.29, 0.717) is 5.95 Å². The van der Waals surface area contributed by atoms with E-state index >= 15 is 0 Å². The van der Waals surface area contributed by atoms with Crippen molar-refractivity contribution in [3.05, 3.63) is 152 Å². The smallest absolute Gasteiger partial charge is 0.236 e. The van der Waals surface area contributed by atoms with E-state index in [1.807, 2.05) is 11.3 Å². The van der Waals surface area contributed by atoms with Crippen LogP contribution in [0, 0.1) is 0 Å². The maximum absolute atomic E-state index is 5.70. The van der Waals surface area contributed by atoms with Gasteiger partial charge in [-0.2, -0.15) is 0 Å². The van der Waals surface area contributed by atoms with Gasteiger partial charge in [-0.05, 0) is 56.6 Å². The van der Waals surface area contributed by atoms with Crippen molar-refractivity contribution in [2.24, 2.45) is 0 Å². The Bertz CT molecular complexity index is 3440. The summed E-state index contributed by atoms with van der Waals surface area (Å²) in [5.41, 5.74) is 4.37. The molecule has 0 aliphatic rings. The van der Waals surface area contributed by atoms with Gasteiger partial charge >= 0.3 is 0 Å². The number of thiophene rings is 2. The summed E-state index contributed by atoms with van der Waals surface area (Å²) in [6, 6.07) is 54.9. The Labute approximate surface area is 299 Å². The van der Waals surface area contributed by atoms with Crippen LogP contribution in [0.2, 0.25) is 0 Å². The van der Waals surface area contributed by atoms with Crippen LogP contribution in [0.3, 0.4) is 0 Å². The quantitative estimate of drug-likeness (QED) is 0.170. The first kappa shape index (κ1) is 27.7. The maximum Gasteiger partial charge on any atom is 0.236 e. The normalized spacial score (nSPS) is 12.3. The average molecular weight is 684 g/mol. The van der Waals surface area contributed by atoms with Crippen LogP contribution in [-0.2, 0) is 0 Å². The number of aromatic nitrogens is 3. The molecule has 236 valence electrons. The monoisotopic (exact) mass is 683 g/mol. The van der Waals surface area contributed by atoms with Crippen LogP contribution in [0.4, 0.5) is 0 Å². The van der Waals surface area contributed by atoms with E-state index in [4.69, 9.17) is 9.97 Å². The molecule has 5 heteroatoms. The van der Waals surface area contributed by atoms with Gasteiger partial charge in [0.25, 0.3) is 0 Å². The second kappa shape index (κ2) is 10.2. The molecular weight excluding hydrogens is 659 g/mol. The van der Waals surface area contributed by atoms with E-state index in [-0.39, 0.29) is 0 Å². The fourth-order valence-corrected chi connectivity index (χ4v) is 10.8. The molecule has 4 heterocycles. The van der Waals surface area contributed by atoms with E-state index in [0.717, 1.165) is 27.0 Å². The topological polar surface area (TPSA) is 30.7 Å². The molecular formula is C46H25N3S2. The maximum atomic E-state index is 5.70. The van der Waals surface area contributed by atoms with E-state index in [1.54, 1.807) is 11.3 Å². The van der Waals surface area contributed by atoms with Gasteiger partial charge < -0.3 is 0 Å². The van der Waals surface area contributed by atoms with Gasteiger partial charge in [0.2, 0.25) is 5.95 Å². The Morgan fingerprint density at radius 2 is 1.00 bits per heavy atom. The Morgan fingerprint density at radius 3 is 1.78 bits per heavy atom. The Morgan fingerprint density at radius 1 is 0.431 bits per heavy atom. The van der Waals surface area contributed by atoms with Crippen molar-refractivity contribution in [3.8, 4) is 17.2 Å². The standard InChI is InChI=1S/C46H25N3S2/c1-2-14-27-26(13-1)25-35(29-16-4-3-15-28(27)29)42-41-34-21-9-12-24-38(34)51-45(41)48-46(47-42)49-36-22-10-7-19-32(36)39-30-17-5-6-18-31(30)40-33-20-8-11-23-37(33)50-44(40)43(39)49/h1-25H. The fourth-order valence-electron chi connectivity index (χ4n) is 8.49. The molecule has 0 aliphatic heterocycles. The Hall–Kier alpha value is -6.14. The number of rotatable bonds is 2. The molecule has 0 N–H and O–H groups in total. The molecule has 0 aliphatic carbocycles. The third kappa shape index (κ3) is 3.71. The van der Waals surface area contributed by atoms with Gasteiger partial charge in [-0.25, -0.2) is 9.97 Å². The van der Waals surface area contributed by atoms with E-state index in [2.05, 4.69) is 156 Å². The van der Waals surface area contributed by atoms with Gasteiger partial charge in [-0.1, -0.05) is 127 Å². The van der Waals surface area contributed by atoms with Crippen molar-refractivity contribution >= 4 is 117 Å². The van der Waals surface area contributed by atoms with Crippen molar-refractivity contribution < 1.29 is 0 Å². The Balaban J connectivity index is 1.31. The molecule has 12 aromatic rings. The SMILES string of the molecule is c1ccc2c(c1)cc(-c1nc(-n3c4ccccc4c4c5ccccc5c5c6ccccc6sc5c43)nc3sc4ccccc4c13)c1ccccc12. The number of hydrogen-bond acceptors (Lipinski definition) is 4. The van der Waals surface area contributed by atoms with Gasteiger partial charge in [0.05, 0.1) is 21.4 Å². The fraction of sp³-hybridized carbons (Fsp3) is 0.